The molecule has 0 saturated heterocycles. The molecule has 0 fully saturated rings. The zero-order chi connectivity index (χ0) is 13.1. The molecule has 0 bridgehead atoms. The Hall–Kier alpha value is -1.37. The Kier molecular flexibility index (Phi) is 9.04. The second-order valence-corrected chi connectivity index (χ2v) is 4.55. The Morgan fingerprint density at radius 2 is 1.71 bits per heavy atom. The smallest absolute Gasteiger partial charge is 0.142 e. The van der Waals surface area contributed by atoms with E-state index in [9.17, 15) is 4.79 Å². The summed E-state index contributed by atoms with van der Waals surface area (Å²) in [4.78, 5) is 10.1. The number of hydrogen-bond donors (Lipinski definition) is 0. The van der Waals surface area contributed by atoms with Crippen molar-refractivity contribution in [1.29, 1.82) is 0 Å². The maximum Gasteiger partial charge on any atom is 0.142 e. The van der Waals surface area contributed by atoms with Crippen LogP contribution in [-0.2, 0) is 4.79 Å². The molecule has 17 heavy (non-hydrogen) atoms. The van der Waals surface area contributed by atoms with Crippen LogP contribution in [0.2, 0.25) is 0 Å². The van der Waals surface area contributed by atoms with E-state index < -0.39 is 0 Å². The topological polar surface area (TPSA) is 17.1 Å². The van der Waals surface area contributed by atoms with Crippen molar-refractivity contribution in [2.24, 2.45) is 0 Å². The molecule has 0 aliphatic rings. The first-order chi connectivity index (χ1) is 8.06. The minimum Gasteiger partial charge on any atom is -0.299 e. The Morgan fingerprint density at radius 3 is 2.29 bits per heavy atom. The normalized spacial score (nSPS) is 12.9. The van der Waals surface area contributed by atoms with E-state index in [1.165, 1.54) is 17.2 Å². The van der Waals surface area contributed by atoms with Crippen LogP contribution >= 0.6 is 0 Å². The lowest BCUT2D eigenvalue weighted by Gasteiger charge is -1.98. The number of hydrogen-bond acceptors (Lipinski definition) is 1. The highest BCUT2D eigenvalue weighted by molar-refractivity contribution is 5.65. The van der Waals surface area contributed by atoms with Gasteiger partial charge in [0.15, 0.2) is 0 Å². The highest BCUT2D eigenvalue weighted by Crippen LogP contribution is 2.08. The van der Waals surface area contributed by atoms with Gasteiger partial charge in [0.2, 0.25) is 0 Å². The molecule has 0 aromatic rings. The number of aldehydes is 1. The van der Waals surface area contributed by atoms with Crippen molar-refractivity contribution in [1.82, 2.24) is 0 Å². The van der Waals surface area contributed by atoms with Crippen LogP contribution in [0.25, 0.3) is 0 Å². The third kappa shape index (κ3) is 10.9. The fourth-order valence-corrected chi connectivity index (χ4v) is 1.40. The van der Waals surface area contributed by atoms with E-state index in [4.69, 9.17) is 0 Å². The summed E-state index contributed by atoms with van der Waals surface area (Å²) in [5.74, 6) is 0. The Labute approximate surface area is 106 Å². The van der Waals surface area contributed by atoms with Gasteiger partial charge in [0, 0.05) is 0 Å². The predicted molar refractivity (Wildman–Crippen MR) is 76.0 cm³/mol. The maximum atomic E-state index is 10.1. The van der Waals surface area contributed by atoms with Gasteiger partial charge >= 0.3 is 0 Å². The Morgan fingerprint density at radius 1 is 1.00 bits per heavy atom. The van der Waals surface area contributed by atoms with Gasteiger partial charge in [-0.25, -0.2) is 0 Å². The van der Waals surface area contributed by atoms with Gasteiger partial charge in [-0.3, -0.25) is 4.79 Å². The van der Waals surface area contributed by atoms with E-state index in [-0.39, 0.29) is 0 Å². The summed E-state index contributed by atoms with van der Waals surface area (Å²) in [6, 6.07) is 0. The third-order valence-corrected chi connectivity index (χ3v) is 2.44. The predicted octanol–water partition coefficient (Wildman–Crippen LogP) is 4.77. The van der Waals surface area contributed by atoms with Crippen LogP contribution in [0.1, 0.15) is 47.0 Å². The summed E-state index contributed by atoms with van der Waals surface area (Å²) in [5, 5.41) is 0. The average Bonchev–Trinajstić information content (AvgIpc) is 2.25. The van der Waals surface area contributed by atoms with Crippen molar-refractivity contribution in [3.8, 4) is 0 Å². The molecule has 0 N–H and O–H groups in total. The minimum absolute atomic E-state index is 0.803. The van der Waals surface area contributed by atoms with E-state index >= 15 is 0 Å². The number of carbonyl (C=O) groups excluding carboxylic acids is 1. The molecular formula is C16H24O. The Bertz CT molecular complexity index is 337. The van der Waals surface area contributed by atoms with Gasteiger partial charge in [-0.15, -0.1) is 0 Å². The fourth-order valence-electron chi connectivity index (χ4n) is 1.40. The maximum absolute atomic E-state index is 10.1. The summed E-state index contributed by atoms with van der Waals surface area (Å²) in [6.07, 6.45) is 14.0. The van der Waals surface area contributed by atoms with Crippen molar-refractivity contribution in [2.45, 2.75) is 47.0 Å². The fraction of sp³-hybridized carbons (Fsp3) is 0.438. The summed E-state index contributed by atoms with van der Waals surface area (Å²) in [7, 11) is 0. The molecule has 0 spiro atoms. The van der Waals surface area contributed by atoms with Crippen molar-refractivity contribution >= 4 is 6.29 Å². The molecule has 0 amide bonds. The van der Waals surface area contributed by atoms with Crippen LogP contribution in [0.5, 0.6) is 0 Å². The summed E-state index contributed by atoms with van der Waals surface area (Å²) in [5.41, 5.74) is 3.93. The molecule has 0 aliphatic heterocycles. The summed E-state index contributed by atoms with van der Waals surface area (Å²) in [6.45, 7) is 8.44. The summed E-state index contributed by atoms with van der Waals surface area (Å²) < 4.78 is 0. The molecule has 1 nitrogen and oxygen atoms in total. The second kappa shape index (κ2) is 9.83. The molecule has 0 saturated carbocycles. The van der Waals surface area contributed by atoms with Crippen molar-refractivity contribution < 1.29 is 4.79 Å². The van der Waals surface area contributed by atoms with Crippen LogP contribution in [0.4, 0.5) is 0 Å². The lowest BCUT2D eigenvalue weighted by molar-refractivity contribution is -0.104. The molecule has 0 aromatic carbocycles. The zero-order valence-electron chi connectivity index (χ0n) is 11.5. The van der Waals surface area contributed by atoms with Gasteiger partial charge in [-0.1, -0.05) is 41.0 Å². The highest BCUT2D eigenvalue weighted by atomic mass is 16.1. The first-order valence-corrected chi connectivity index (χ1v) is 6.14. The lowest BCUT2D eigenvalue weighted by Crippen LogP contribution is -1.77. The van der Waals surface area contributed by atoms with Gasteiger partial charge in [0.05, 0.1) is 0 Å². The third-order valence-electron chi connectivity index (χ3n) is 2.44. The number of rotatable bonds is 7. The Balaban J connectivity index is 4.02. The van der Waals surface area contributed by atoms with Crippen LogP contribution in [-0.4, -0.2) is 6.29 Å². The van der Waals surface area contributed by atoms with Crippen molar-refractivity contribution in [3.05, 3.63) is 47.1 Å². The first kappa shape index (κ1) is 15.6. The van der Waals surface area contributed by atoms with Crippen molar-refractivity contribution in [2.75, 3.05) is 0 Å². The SMILES string of the molecule is CC(C)=CCC/C(C)=C/C/C=C(C)/C=C/C=O. The van der Waals surface area contributed by atoms with Gasteiger partial charge in [-0.2, -0.15) is 0 Å². The van der Waals surface area contributed by atoms with E-state index in [0.29, 0.717) is 0 Å². The molecule has 0 rings (SSSR count). The largest absolute Gasteiger partial charge is 0.299 e. The first-order valence-electron chi connectivity index (χ1n) is 6.14. The zero-order valence-corrected chi connectivity index (χ0v) is 11.5. The van der Waals surface area contributed by atoms with E-state index in [1.807, 2.05) is 13.0 Å². The number of allylic oxidation sites excluding steroid dienone is 8. The standard InChI is InChI=1S/C16H24O/c1-14(2)8-5-9-15(3)10-6-11-16(4)12-7-13-17/h7-8,10-13H,5-6,9H2,1-4H3/b12-7+,15-10+,16-11+. The lowest BCUT2D eigenvalue weighted by atomic mass is 10.1. The second-order valence-electron chi connectivity index (χ2n) is 4.55. The molecule has 1 heteroatoms. The van der Waals surface area contributed by atoms with Gasteiger partial charge in [0.1, 0.15) is 6.29 Å². The van der Waals surface area contributed by atoms with Gasteiger partial charge in [-0.05, 0) is 53.0 Å². The molecule has 0 aromatic heterocycles. The van der Waals surface area contributed by atoms with Crippen LogP contribution in [0.15, 0.2) is 47.1 Å². The van der Waals surface area contributed by atoms with E-state index in [1.54, 1.807) is 0 Å². The van der Waals surface area contributed by atoms with Crippen LogP contribution < -0.4 is 0 Å². The molecule has 0 atom stereocenters. The molecule has 0 radical (unpaired) electrons. The molecular weight excluding hydrogens is 208 g/mol. The molecule has 0 unspecified atom stereocenters. The minimum atomic E-state index is 0.803. The molecule has 0 aliphatic carbocycles. The molecule has 0 heterocycles. The number of carbonyl (C=O) groups is 1. The quantitative estimate of drug-likeness (QED) is 0.267. The highest BCUT2D eigenvalue weighted by Gasteiger charge is 1.88. The monoisotopic (exact) mass is 232 g/mol. The van der Waals surface area contributed by atoms with E-state index in [0.717, 1.165) is 31.1 Å². The van der Waals surface area contributed by atoms with E-state index in [2.05, 4.69) is 39.0 Å². The summed E-state index contributed by atoms with van der Waals surface area (Å²) >= 11 is 0. The van der Waals surface area contributed by atoms with Gasteiger partial charge < -0.3 is 0 Å². The van der Waals surface area contributed by atoms with Crippen LogP contribution in [0.3, 0.4) is 0 Å². The van der Waals surface area contributed by atoms with Gasteiger partial charge in [0.25, 0.3) is 0 Å². The molecule has 94 valence electrons. The van der Waals surface area contributed by atoms with Crippen molar-refractivity contribution in [3.63, 3.8) is 0 Å². The average molecular weight is 232 g/mol. The van der Waals surface area contributed by atoms with Crippen LogP contribution in [0, 0.1) is 0 Å².